The van der Waals surface area contributed by atoms with Gasteiger partial charge in [0.1, 0.15) is 11.4 Å². The van der Waals surface area contributed by atoms with E-state index in [2.05, 4.69) is 11.9 Å². The molecule has 4 nitrogen and oxygen atoms in total. The van der Waals surface area contributed by atoms with Gasteiger partial charge in [-0.2, -0.15) is 11.8 Å². The molecule has 1 fully saturated rings. The first-order valence-electron chi connectivity index (χ1n) is 7.36. The van der Waals surface area contributed by atoms with Gasteiger partial charge in [-0.25, -0.2) is 8.42 Å². The van der Waals surface area contributed by atoms with Crippen LogP contribution in [-0.2, 0) is 9.84 Å². The van der Waals surface area contributed by atoms with E-state index < -0.39 is 9.84 Å². The van der Waals surface area contributed by atoms with E-state index in [0.29, 0.717) is 27.3 Å². The molecule has 0 bridgehead atoms. The SMILES string of the molecule is CC1SC1CS(=O)(=O)c1ccc2c(c1)N=Cc1ccccc1O2. The van der Waals surface area contributed by atoms with Crippen LogP contribution in [-0.4, -0.2) is 30.9 Å². The van der Waals surface area contributed by atoms with Gasteiger partial charge in [0.05, 0.1) is 10.6 Å². The molecule has 2 unspecified atom stereocenters. The molecule has 2 aromatic carbocycles. The van der Waals surface area contributed by atoms with E-state index in [1.165, 1.54) is 0 Å². The fraction of sp³-hybridized carbons (Fsp3) is 0.235. The summed E-state index contributed by atoms with van der Waals surface area (Å²) in [5.41, 5.74) is 1.41. The number of rotatable bonds is 3. The van der Waals surface area contributed by atoms with E-state index in [-0.39, 0.29) is 11.0 Å². The third-order valence-corrected chi connectivity index (χ3v) is 7.34. The van der Waals surface area contributed by atoms with Crippen LogP contribution in [0.15, 0.2) is 52.4 Å². The second-order valence-electron chi connectivity index (χ2n) is 5.69. The molecule has 0 amide bonds. The van der Waals surface area contributed by atoms with Crippen molar-refractivity contribution in [2.24, 2.45) is 4.99 Å². The van der Waals surface area contributed by atoms with Gasteiger partial charge >= 0.3 is 0 Å². The molecule has 0 radical (unpaired) electrons. The molecule has 0 N–H and O–H groups in total. The molecule has 2 atom stereocenters. The van der Waals surface area contributed by atoms with Crippen molar-refractivity contribution in [3.8, 4) is 11.5 Å². The highest BCUT2D eigenvalue weighted by atomic mass is 32.2. The van der Waals surface area contributed by atoms with Crippen molar-refractivity contribution in [2.45, 2.75) is 22.3 Å². The summed E-state index contributed by atoms with van der Waals surface area (Å²) in [5.74, 6) is 1.47. The molecule has 0 aliphatic carbocycles. The first-order chi connectivity index (χ1) is 11.0. The number of hydrogen-bond acceptors (Lipinski definition) is 5. The van der Waals surface area contributed by atoms with Crippen molar-refractivity contribution in [2.75, 3.05) is 5.75 Å². The van der Waals surface area contributed by atoms with Crippen LogP contribution in [0.5, 0.6) is 11.5 Å². The van der Waals surface area contributed by atoms with E-state index in [4.69, 9.17) is 4.74 Å². The summed E-state index contributed by atoms with van der Waals surface area (Å²) in [7, 11) is -3.29. The highest BCUT2D eigenvalue weighted by Crippen LogP contribution is 2.43. The largest absolute Gasteiger partial charge is 0.454 e. The van der Waals surface area contributed by atoms with Gasteiger partial charge in [0, 0.05) is 22.3 Å². The van der Waals surface area contributed by atoms with Gasteiger partial charge in [-0.15, -0.1) is 0 Å². The third kappa shape index (κ3) is 2.88. The maximum atomic E-state index is 12.5. The molecular formula is C17H15NO3S2. The van der Waals surface area contributed by atoms with Crippen molar-refractivity contribution in [1.82, 2.24) is 0 Å². The lowest BCUT2D eigenvalue weighted by molar-refractivity contribution is 0.484. The zero-order valence-corrected chi connectivity index (χ0v) is 14.1. The molecule has 0 aromatic heterocycles. The minimum Gasteiger partial charge on any atom is -0.454 e. The van der Waals surface area contributed by atoms with Gasteiger partial charge in [-0.1, -0.05) is 19.1 Å². The molecular weight excluding hydrogens is 330 g/mol. The fourth-order valence-electron chi connectivity index (χ4n) is 2.53. The zero-order chi connectivity index (χ0) is 16.0. The minimum absolute atomic E-state index is 0.183. The first kappa shape index (κ1) is 14.8. The lowest BCUT2D eigenvalue weighted by atomic mass is 10.2. The zero-order valence-electron chi connectivity index (χ0n) is 12.5. The average molecular weight is 345 g/mol. The second-order valence-corrected chi connectivity index (χ2v) is 9.34. The molecule has 4 rings (SSSR count). The van der Waals surface area contributed by atoms with Gasteiger partial charge in [-0.05, 0) is 30.3 Å². The Labute approximate surface area is 139 Å². The third-order valence-electron chi connectivity index (χ3n) is 3.99. The van der Waals surface area contributed by atoms with Crippen molar-refractivity contribution in [3.05, 3.63) is 48.0 Å². The van der Waals surface area contributed by atoms with Crippen LogP contribution in [0.3, 0.4) is 0 Å². The van der Waals surface area contributed by atoms with Crippen molar-refractivity contribution in [1.29, 1.82) is 0 Å². The van der Waals surface area contributed by atoms with Crippen LogP contribution in [0.4, 0.5) is 5.69 Å². The Kier molecular flexibility index (Phi) is 3.46. The summed E-state index contributed by atoms with van der Waals surface area (Å²) in [6, 6.07) is 12.5. The van der Waals surface area contributed by atoms with Gasteiger partial charge < -0.3 is 4.74 Å². The summed E-state index contributed by atoms with van der Waals surface area (Å²) in [5, 5.41) is 0.643. The summed E-state index contributed by atoms with van der Waals surface area (Å²) < 4.78 is 30.9. The number of hydrogen-bond donors (Lipinski definition) is 0. The lowest BCUT2D eigenvalue weighted by Gasteiger charge is -2.09. The summed E-state index contributed by atoms with van der Waals surface area (Å²) in [4.78, 5) is 4.70. The molecule has 2 aliphatic heterocycles. The van der Waals surface area contributed by atoms with Crippen LogP contribution < -0.4 is 4.74 Å². The number of sulfone groups is 1. The Morgan fingerprint density at radius 1 is 1.17 bits per heavy atom. The number of nitrogens with zero attached hydrogens (tertiary/aromatic N) is 1. The van der Waals surface area contributed by atoms with Gasteiger partial charge in [0.25, 0.3) is 0 Å². The Morgan fingerprint density at radius 3 is 2.74 bits per heavy atom. The standard InChI is InChI=1S/C17H15NO3S2/c1-11-17(22-11)10-23(19,20)13-6-7-16-14(8-13)18-9-12-4-2-3-5-15(12)21-16/h2-9,11,17H,10H2,1H3. The Balaban J connectivity index is 1.69. The van der Waals surface area contributed by atoms with Crippen LogP contribution in [0, 0.1) is 0 Å². The van der Waals surface area contributed by atoms with Crippen LogP contribution >= 0.6 is 11.8 Å². The average Bonchev–Trinajstić information content (AvgIpc) is 3.25. The number of aliphatic imine (C=N–C) groups is 1. The number of thioether (sulfide) groups is 1. The molecule has 0 spiro atoms. The molecule has 118 valence electrons. The summed E-state index contributed by atoms with van der Waals surface area (Å²) in [6.45, 7) is 2.05. The van der Waals surface area contributed by atoms with Crippen molar-refractivity contribution < 1.29 is 13.2 Å². The molecule has 6 heteroatoms. The van der Waals surface area contributed by atoms with Crippen LogP contribution in [0.1, 0.15) is 12.5 Å². The normalized spacial score (nSPS) is 21.8. The molecule has 2 aliphatic rings. The monoisotopic (exact) mass is 345 g/mol. The smallest absolute Gasteiger partial charge is 0.179 e. The van der Waals surface area contributed by atoms with Gasteiger partial charge in [-0.3, -0.25) is 4.99 Å². The van der Waals surface area contributed by atoms with Crippen molar-refractivity contribution >= 4 is 33.5 Å². The van der Waals surface area contributed by atoms with Crippen molar-refractivity contribution in [3.63, 3.8) is 0 Å². The predicted octanol–water partition coefficient (Wildman–Crippen LogP) is 3.82. The van der Waals surface area contributed by atoms with Crippen LogP contribution in [0.25, 0.3) is 0 Å². The van der Waals surface area contributed by atoms with E-state index >= 15 is 0 Å². The molecule has 2 aromatic rings. The fourth-order valence-corrected chi connectivity index (χ4v) is 5.54. The van der Waals surface area contributed by atoms with E-state index in [1.54, 1.807) is 36.2 Å². The Hall–Kier alpha value is -1.79. The molecule has 23 heavy (non-hydrogen) atoms. The molecule has 2 heterocycles. The summed E-state index contributed by atoms with van der Waals surface area (Å²) in [6.07, 6.45) is 1.70. The number of para-hydroxylation sites is 1. The van der Waals surface area contributed by atoms with E-state index in [1.807, 2.05) is 24.3 Å². The topological polar surface area (TPSA) is 55.7 Å². The second kappa shape index (κ2) is 5.39. The van der Waals surface area contributed by atoms with E-state index in [0.717, 1.165) is 5.56 Å². The minimum atomic E-state index is -3.29. The Bertz CT molecular complexity index is 906. The Morgan fingerprint density at radius 2 is 1.96 bits per heavy atom. The highest BCUT2D eigenvalue weighted by molar-refractivity contribution is 8.08. The van der Waals surface area contributed by atoms with E-state index in [9.17, 15) is 8.42 Å². The number of ether oxygens (including phenoxy) is 1. The lowest BCUT2D eigenvalue weighted by Crippen LogP contribution is -2.12. The summed E-state index contributed by atoms with van der Waals surface area (Å²) >= 11 is 1.70. The first-order valence-corrected chi connectivity index (χ1v) is 9.96. The quantitative estimate of drug-likeness (QED) is 0.677. The highest BCUT2D eigenvalue weighted by Gasteiger charge is 2.38. The van der Waals surface area contributed by atoms with Gasteiger partial charge in [0.15, 0.2) is 15.6 Å². The van der Waals surface area contributed by atoms with Crippen LogP contribution in [0.2, 0.25) is 0 Å². The van der Waals surface area contributed by atoms with Gasteiger partial charge in [0.2, 0.25) is 0 Å². The number of fused-ring (bicyclic) bond motifs is 2. The maximum absolute atomic E-state index is 12.5. The molecule has 0 saturated carbocycles. The predicted molar refractivity (Wildman–Crippen MR) is 93.1 cm³/mol. The number of benzene rings is 2. The maximum Gasteiger partial charge on any atom is 0.179 e. The molecule has 1 saturated heterocycles.